The predicted molar refractivity (Wildman–Crippen MR) is 75.6 cm³/mol. The number of thiophene rings is 1. The molecular formula is C12H11N3O2S2. The lowest BCUT2D eigenvalue weighted by Crippen LogP contribution is -1.91. The Morgan fingerprint density at radius 2 is 2.32 bits per heavy atom. The molecule has 0 bridgehead atoms. The number of pyridine rings is 1. The molecule has 1 unspecified atom stereocenters. The third-order valence-corrected chi connectivity index (χ3v) is 5.28. The minimum Gasteiger partial charge on any atom is -0.494 e. The summed E-state index contributed by atoms with van der Waals surface area (Å²) in [6, 6.07) is 3.70. The largest absolute Gasteiger partial charge is 0.494 e. The van der Waals surface area contributed by atoms with Crippen molar-refractivity contribution in [3.63, 3.8) is 0 Å². The highest BCUT2D eigenvalue weighted by molar-refractivity contribution is 7.86. The summed E-state index contributed by atoms with van der Waals surface area (Å²) in [7, 11) is 0.583. The Morgan fingerprint density at radius 1 is 1.47 bits per heavy atom. The quantitative estimate of drug-likeness (QED) is 0.743. The van der Waals surface area contributed by atoms with Crippen LogP contribution in [-0.4, -0.2) is 32.1 Å². The Labute approximate surface area is 116 Å². The molecule has 5 nitrogen and oxygen atoms in total. The molecule has 0 amide bonds. The van der Waals surface area contributed by atoms with E-state index in [9.17, 15) is 4.21 Å². The van der Waals surface area contributed by atoms with Crippen molar-refractivity contribution >= 4 is 33.2 Å². The molecule has 0 aliphatic heterocycles. The molecule has 3 aromatic rings. The molecule has 0 radical (unpaired) electrons. The first kappa shape index (κ1) is 12.3. The molecule has 0 saturated heterocycles. The molecule has 3 rings (SSSR count). The minimum atomic E-state index is -1.02. The second kappa shape index (κ2) is 4.75. The van der Waals surface area contributed by atoms with Crippen molar-refractivity contribution in [3.05, 3.63) is 30.9 Å². The van der Waals surface area contributed by atoms with Gasteiger partial charge in [0.2, 0.25) is 0 Å². The van der Waals surface area contributed by atoms with E-state index < -0.39 is 10.8 Å². The van der Waals surface area contributed by atoms with E-state index in [0.717, 1.165) is 20.2 Å². The van der Waals surface area contributed by atoms with Gasteiger partial charge in [0.15, 0.2) is 5.75 Å². The Balaban J connectivity index is 2.23. The number of aromatic nitrogens is 3. The number of rotatable bonds is 3. The van der Waals surface area contributed by atoms with E-state index in [2.05, 4.69) is 9.97 Å². The molecule has 0 aliphatic carbocycles. The average molecular weight is 293 g/mol. The van der Waals surface area contributed by atoms with E-state index in [0.29, 0.717) is 5.75 Å². The summed E-state index contributed by atoms with van der Waals surface area (Å²) in [4.78, 5) is 8.34. The molecule has 0 saturated carbocycles. The number of nitrogens with zero attached hydrogens (tertiary/aromatic N) is 3. The number of ether oxygens (including phenoxy) is 1. The summed E-state index contributed by atoms with van der Waals surface area (Å²) in [6.07, 6.45) is 6.82. The number of imidazole rings is 1. The van der Waals surface area contributed by atoms with E-state index in [4.69, 9.17) is 4.74 Å². The van der Waals surface area contributed by atoms with Crippen molar-refractivity contribution in [2.75, 3.05) is 13.4 Å². The lowest BCUT2D eigenvalue weighted by molar-refractivity contribution is 0.414. The van der Waals surface area contributed by atoms with Crippen LogP contribution in [0, 0.1) is 0 Å². The monoisotopic (exact) mass is 293 g/mol. The highest BCUT2D eigenvalue weighted by Gasteiger charge is 2.15. The third kappa shape index (κ3) is 2.04. The van der Waals surface area contributed by atoms with Gasteiger partial charge in [0.1, 0.15) is 16.8 Å². The van der Waals surface area contributed by atoms with Gasteiger partial charge in [-0.3, -0.25) is 13.8 Å². The lowest BCUT2D eigenvalue weighted by Gasteiger charge is -2.03. The highest BCUT2D eigenvalue weighted by atomic mass is 32.2. The second-order valence-corrected chi connectivity index (χ2v) is 6.51. The lowest BCUT2D eigenvalue weighted by atomic mass is 10.4. The van der Waals surface area contributed by atoms with Crippen LogP contribution >= 0.6 is 11.3 Å². The van der Waals surface area contributed by atoms with Crippen molar-refractivity contribution in [1.82, 2.24) is 14.5 Å². The molecule has 3 heterocycles. The highest BCUT2D eigenvalue weighted by Crippen LogP contribution is 2.36. The van der Waals surface area contributed by atoms with Crippen LogP contribution in [0.4, 0.5) is 0 Å². The van der Waals surface area contributed by atoms with Crippen molar-refractivity contribution in [2.45, 2.75) is 4.21 Å². The van der Waals surface area contributed by atoms with Gasteiger partial charge in [0.25, 0.3) is 0 Å². The molecule has 0 N–H and O–H groups in total. The molecule has 19 heavy (non-hydrogen) atoms. The van der Waals surface area contributed by atoms with Gasteiger partial charge in [-0.05, 0) is 6.07 Å². The molecule has 0 aliphatic rings. The van der Waals surface area contributed by atoms with E-state index >= 15 is 0 Å². The van der Waals surface area contributed by atoms with Gasteiger partial charge in [-0.1, -0.05) is 0 Å². The molecule has 0 fully saturated rings. The summed E-state index contributed by atoms with van der Waals surface area (Å²) >= 11 is 1.44. The number of hydrogen-bond donors (Lipinski definition) is 0. The van der Waals surface area contributed by atoms with Gasteiger partial charge in [-0.15, -0.1) is 11.3 Å². The van der Waals surface area contributed by atoms with Crippen LogP contribution in [-0.2, 0) is 10.8 Å². The van der Waals surface area contributed by atoms with Crippen LogP contribution in [0.15, 0.2) is 35.1 Å². The van der Waals surface area contributed by atoms with Crippen LogP contribution < -0.4 is 4.74 Å². The zero-order valence-corrected chi connectivity index (χ0v) is 12.0. The maximum Gasteiger partial charge on any atom is 0.155 e. The first-order chi connectivity index (χ1) is 9.20. The predicted octanol–water partition coefficient (Wildman–Crippen LogP) is 2.23. The molecule has 0 spiro atoms. The number of methoxy groups -OCH3 is 1. The van der Waals surface area contributed by atoms with Gasteiger partial charge in [0.05, 0.1) is 33.8 Å². The average Bonchev–Trinajstić information content (AvgIpc) is 3.01. The van der Waals surface area contributed by atoms with Gasteiger partial charge in [0, 0.05) is 18.5 Å². The second-order valence-electron chi connectivity index (χ2n) is 3.87. The zero-order chi connectivity index (χ0) is 13.4. The molecule has 1 atom stereocenters. The van der Waals surface area contributed by atoms with Crippen LogP contribution in [0.1, 0.15) is 0 Å². The standard InChI is InChI=1S/C12H11N3O2S2/c1-17-10-5-11(19(2)16)18-12(10)15-7-14-8-6-13-4-3-9(8)15/h3-7H,1-2H3. The zero-order valence-electron chi connectivity index (χ0n) is 10.4. The van der Waals surface area contributed by atoms with Gasteiger partial charge in [-0.2, -0.15) is 0 Å². The summed E-state index contributed by atoms with van der Waals surface area (Å²) in [5.74, 6) is 0.700. The van der Waals surface area contributed by atoms with Crippen molar-refractivity contribution in [3.8, 4) is 10.8 Å². The van der Waals surface area contributed by atoms with E-state index in [1.165, 1.54) is 11.3 Å². The van der Waals surface area contributed by atoms with E-state index in [-0.39, 0.29) is 0 Å². The molecule has 7 heteroatoms. The molecule has 98 valence electrons. The molecule has 0 aromatic carbocycles. The summed E-state index contributed by atoms with van der Waals surface area (Å²) in [6.45, 7) is 0. The normalized spacial score (nSPS) is 12.7. The van der Waals surface area contributed by atoms with Crippen molar-refractivity contribution in [1.29, 1.82) is 0 Å². The number of fused-ring (bicyclic) bond motifs is 1. The van der Waals surface area contributed by atoms with Gasteiger partial charge in [-0.25, -0.2) is 4.98 Å². The SMILES string of the molecule is COc1cc(S(C)=O)sc1-n1cnc2cnccc21. The third-order valence-electron chi connectivity index (χ3n) is 2.73. The van der Waals surface area contributed by atoms with E-state index in [1.807, 2.05) is 16.7 Å². The summed E-state index contributed by atoms with van der Waals surface area (Å²) in [5, 5.41) is 0.876. The number of hydrogen-bond acceptors (Lipinski definition) is 5. The Bertz CT molecular complexity index is 763. The van der Waals surface area contributed by atoms with Crippen molar-refractivity contribution in [2.24, 2.45) is 0 Å². The van der Waals surface area contributed by atoms with Crippen LogP contribution in [0.25, 0.3) is 16.0 Å². The minimum absolute atomic E-state index is 0.700. The Hall–Kier alpha value is -1.73. The van der Waals surface area contributed by atoms with E-state index in [1.54, 1.807) is 32.1 Å². The molecule has 3 aromatic heterocycles. The fourth-order valence-corrected chi connectivity index (χ4v) is 3.65. The smallest absolute Gasteiger partial charge is 0.155 e. The first-order valence-electron chi connectivity index (χ1n) is 5.49. The maximum absolute atomic E-state index is 11.6. The summed E-state index contributed by atoms with van der Waals surface area (Å²) in [5.41, 5.74) is 1.76. The van der Waals surface area contributed by atoms with Crippen LogP contribution in [0.5, 0.6) is 5.75 Å². The fourth-order valence-electron chi connectivity index (χ4n) is 1.83. The topological polar surface area (TPSA) is 57.0 Å². The van der Waals surface area contributed by atoms with Gasteiger partial charge >= 0.3 is 0 Å². The van der Waals surface area contributed by atoms with Crippen LogP contribution in [0.2, 0.25) is 0 Å². The van der Waals surface area contributed by atoms with Crippen LogP contribution in [0.3, 0.4) is 0 Å². The molecular weight excluding hydrogens is 282 g/mol. The fraction of sp³-hybridized carbons (Fsp3) is 0.167. The Kier molecular flexibility index (Phi) is 3.08. The van der Waals surface area contributed by atoms with Gasteiger partial charge < -0.3 is 4.74 Å². The van der Waals surface area contributed by atoms with Crippen molar-refractivity contribution < 1.29 is 8.95 Å². The maximum atomic E-state index is 11.6. The Morgan fingerprint density at radius 3 is 3.05 bits per heavy atom. The summed E-state index contributed by atoms with van der Waals surface area (Å²) < 4.78 is 19.7. The first-order valence-corrected chi connectivity index (χ1v) is 7.87.